The minimum Gasteiger partial charge on any atom is -0.349 e. The van der Waals surface area contributed by atoms with Gasteiger partial charge >= 0.3 is 0 Å². The standard InChI is InChI=1S/C11H7NO3/c13-4-7-1-2-8-9(3-7)11(6-15)12-10(8)5-14/h1-6,12H. The molecule has 15 heavy (non-hydrogen) atoms. The number of hydrogen-bond acceptors (Lipinski definition) is 3. The van der Waals surface area contributed by atoms with E-state index in [0.717, 1.165) is 0 Å². The SMILES string of the molecule is O=Cc1ccc2c(C=O)[nH]c(C=O)c2c1. The van der Waals surface area contributed by atoms with E-state index >= 15 is 0 Å². The molecular weight excluding hydrogens is 194 g/mol. The maximum atomic E-state index is 10.7. The van der Waals surface area contributed by atoms with E-state index in [2.05, 4.69) is 4.98 Å². The Morgan fingerprint density at radius 2 is 1.53 bits per heavy atom. The summed E-state index contributed by atoms with van der Waals surface area (Å²) in [5.41, 5.74) is 1.14. The van der Waals surface area contributed by atoms with Crippen LogP contribution in [0.5, 0.6) is 0 Å². The Labute approximate surface area is 84.9 Å². The van der Waals surface area contributed by atoms with Crippen molar-refractivity contribution < 1.29 is 14.4 Å². The number of fused-ring (bicyclic) bond motifs is 1. The number of aromatic nitrogens is 1. The Hall–Kier alpha value is -2.23. The smallest absolute Gasteiger partial charge is 0.166 e. The Bertz CT molecular complexity index is 554. The molecule has 2 rings (SSSR count). The predicted molar refractivity (Wildman–Crippen MR) is 54.5 cm³/mol. The first-order chi connectivity index (χ1) is 7.30. The van der Waals surface area contributed by atoms with E-state index in [0.29, 0.717) is 46.6 Å². The minimum absolute atomic E-state index is 0.316. The molecule has 1 heterocycles. The number of rotatable bonds is 3. The lowest BCUT2D eigenvalue weighted by Gasteiger charge is -1.92. The van der Waals surface area contributed by atoms with E-state index in [1.165, 1.54) is 0 Å². The molecule has 4 nitrogen and oxygen atoms in total. The van der Waals surface area contributed by atoms with Gasteiger partial charge in [-0.05, 0) is 6.07 Å². The summed E-state index contributed by atoms with van der Waals surface area (Å²) >= 11 is 0. The molecule has 0 amide bonds. The molecule has 0 unspecified atom stereocenters. The summed E-state index contributed by atoms with van der Waals surface area (Å²) < 4.78 is 0. The molecular formula is C11H7NO3. The number of hydrogen-bond donors (Lipinski definition) is 1. The maximum Gasteiger partial charge on any atom is 0.166 e. The van der Waals surface area contributed by atoms with Crippen LogP contribution >= 0.6 is 0 Å². The molecule has 0 aliphatic rings. The molecule has 0 bridgehead atoms. The molecule has 4 heteroatoms. The van der Waals surface area contributed by atoms with Crippen molar-refractivity contribution in [3.05, 3.63) is 35.2 Å². The second kappa shape index (κ2) is 3.49. The largest absolute Gasteiger partial charge is 0.349 e. The van der Waals surface area contributed by atoms with Crippen LogP contribution in [0.2, 0.25) is 0 Å². The summed E-state index contributed by atoms with van der Waals surface area (Å²) in [4.78, 5) is 34.6. The van der Waals surface area contributed by atoms with Gasteiger partial charge in [0.15, 0.2) is 12.6 Å². The molecule has 0 spiro atoms. The summed E-state index contributed by atoms with van der Waals surface area (Å²) in [7, 11) is 0. The predicted octanol–water partition coefficient (Wildman–Crippen LogP) is 1.61. The van der Waals surface area contributed by atoms with Gasteiger partial charge in [-0.2, -0.15) is 0 Å². The van der Waals surface area contributed by atoms with E-state index in [4.69, 9.17) is 0 Å². The van der Waals surface area contributed by atoms with Gasteiger partial charge in [0.1, 0.15) is 6.29 Å². The zero-order valence-corrected chi connectivity index (χ0v) is 7.69. The number of H-pyrrole nitrogens is 1. The Kier molecular flexibility index (Phi) is 2.17. The zero-order chi connectivity index (χ0) is 10.8. The van der Waals surface area contributed by atoms with E-state index in [1.54, 1.807) is 18.2 Å². The fourth-order valence-electron chi connectivity index (χ4n) is 1.56. The van der Waals surface area contributed by atoms with Crippen molar-refractivity contribution in [1.82, 2.24) is 4.98 Å². The molecule has 0 radical (unpaired) electrons. The second-order valence-corrected chi connectivity index (χ2v) is 3.11. The number of aldehydes is 3. The van der Waals surface area contributed by atoms with Crippen molar-refractivity contribution in [2.45, 2.75) is 0 Å². The first-order valence-corrected chi connectivity index (χ1v) is 4.31. The number of carbonyl (C=O) groups excluding carboxylic acids is 3. The fourth-order valence-corrected chi connectivity index (χ4v) is 1.56. The summed E-state index contributed by atoms with van der Waals surface area (Å²) in [6, 6.07) is 4.83. The van der Waals surface area contributed by atoms with Crippen LogP contribution in [0.15, 0.2) is 18.2 Å². The molecule has 0 aliphatic carbocycles. The highest BCUT2D eigenvalue weighted by Crippen LogP contribution is 2.21. The molecule has 0 aliphatic heterocycles. The van der Waals surface area contributed by atoms with Crippen LogP contribution in [-0.2, 0) is 0 Å². The van der Waals surface area contributed by atoms with Crippen molar-refractivity contribution in [2.75, 3.05) is 0 Å². The van der Waals surface area contributed by atoms with Crippen molar-refractivity contribution in [3.8, 4) is 0 Å². The average Bonchev–Trinajstić information content (AvgIpc) is 2.65. The lowest BCUT2D eigenvalue weighted by atomic mass is 10.1. The topological polar surface area (TPSA) is 67.0 Å². The normalized spacial score (nSPS) is 10.1. The summed E-state index contributed by atoms with van der Waals surface area (Å²) in [5, 5.41) is 1.24. The fraction of sp³-hybridized carbons (Fsp3) is 0. The van der Waals surface area contributed by atoms with Gasteiger partial charge in [0, 0.05) is 16.3 Å². The molecule has 0 saturated heterocycles. The second-order valence-electron chi connectivity index (χ2n) is 3.11. The Morgan fingerprint density at radius 1 is 0.867 bits per heavy atom. The van der Waals surface area contributed by atoms with Crippen LogP contribution in [0, 0.1) is 0 Å². The zero-order valence-electron chi connectivity index (χ0n) is 7.69. The third-order valence-corrected chi connectivity index (χ3v) is 2.27. The van der Waals surface area contributed by atoms with Crippen molar-refractivity contribution in [3.63, 3.8) is 0 Å². The van der Waals surface area contributed by atoms with Crippen molar-refractivity contribution >= 4 is 29.6 Å². The highest BCUT2D eigenvalue weighted by atomic mass is 16.1. The van der Waals surface area contributed by atoms with E-state index < -0.39 is 0 Å². The lowest BCUT2D eigenvalue weighted by Crippen LogP contribution is -1.81. The number of carbonyl (C=O) groups is 3. The molecule has 0 fully saturated rings. The van der Waals surface area contributed by atoms with Crippen molar-refractivity contribution in [1.29, 1.82) is 0 Å². The summed E-state index contributed by atoms with van der Waals surface area (Å²) in [5.74, 6) is 0. The minimum atomic E-state index is 0.316. The summed E-state index contributed by atoms with van der Waals surface area (Å²) in [6.45, 7) is 0. The van der Waals surface area contributed by atoms with E-state index in [1.807, 2.05) is 0 Å². The molecule has 0 atom stereocenters. The van der Waals surface area contributed by atoms with Gasteiger partial charge in [0.05, 0.1) is 11.4 Å². The Balaban J connectivity index is 2.84. The molecule has 74 valence electrons. The first-order valence-electron chi connectivity index (χ1n) is 4.31. The maximum absolute atomic E-state index is 10.7. The number of benzene rings is 1. The monoisotopic (exact) mass is 201 g/mol. The van der Waals surface area contributed by atoms with Crippen LogP contribution in [0.25, 0.3) is 10.8 Å². The Morgan fingerprint density at radius 3 is 2.13 bits per heavy atom. The average molecular weight is 201 g/mol. The first kappa shape index (κ1) is 9.33. The highest BCUT2D eigenvalue weighted by molar-refractivity contribution is 6.06. The lowest BCUT2D eigenvalue weighted by molar-refractivity contribution is 0.111. The van der Waals surface area contributed by atoms with Gasteiger partial charge in [0.2, 0.25) is 0 Å². The quantitative estimate of drug-likeness (QED) is 0.767. The van der Waals surface area contributed by atoms with Gasteiger partial charge in [-0.1, -0.05) is 12.1 Å². The van der Waals surface area contributed by atoms with Crippen LogP contribution in [0.3, 0.4) is 0 Å². The summed E-state index contributed by atoms with van der Waals surface area (Å²) in [6.07, 6.45) is 1.97. The van der Waals surface area contributed by atoms with Crippen LogP contribution < -0.4 is 0 Å². The highest BCUT2D eigenvalue weighted by Gasteiger charge is 2.09. The van der Waals surface area contributed by atoms with Gasteiger partial charge in [0.25, 0.3) is 0 Å². The van der Waals surface area contributed by atoms with Crippen LogP contribution in [-0.4, -0.2) is 23.8 Å². The van der Waals surface area contributed by atoms with Gasteiger partial charge in [-0.25, -0.2) is 0 Å². The van der Waals surface area contributed by atoms with Gasteiger partial charge in [-0.15, -0.1) is 0 Å². The van der Waals surface area contributed by atoms with Gasteiger partial charge in [-0.3, -0.25) is 14.4 Å². The van der Waals surface area contributed by atoms with E-state index in [-0.39, 0.29) is 0 Å². The van der Waals surface area contributed by atoms with E-state index in [9.17, 15) is 14.4 Å². The third-order valence-electron chi connectivity index (χ3n) is 2.27. The molecule has 2 aromatic rings. The van der Waals surface area contributed by atoms with Crippen LogP contribution in [0.4, 0.5) is 0 Å². The third kappa shape index (κ3) is 1.36. The van der Waals surface area contributed by atoms with Crippen LogP contribution in [0.1, 0.15) is 31.3 Å². The van der Waals surface area contributed by atoms with Crippen molar-refractivity contribution in [2.24, 2.45) is 0 Å². The molecule has 1 aromatic carbocycles. The number of nitrogens with one attached hydrogen (secondary N) is 1. The molecule has 0 saturated carbocycles. The molecule has 1 N–H and O–H groups in total. The van der Waals surface area contributed by atoms with Gasteiger partial charge < -0.3 is 4.98 Å². The number of aromatic amines is 1. The molecule has 1 aromatic heterocycles.